The minimum atomic E-state index is -0.467. The van der Waals surface area contributed by atoms with Gasteiger partial charge >= 0.3 is 0 Å². The Morgan fingerprint density at radius 1 is 1.07 bits per heavy atom. The van der Waals surface area contributed by atoms with Crippen LogP contribution in [0.25, 0.3) is 10.8 Å². The van der Waals surface area contributed by atoms with Gasteiger partial charge in [0, 0.05) is 31.2 Å². The van der Waals surface area contributed by atoms with Crippen LogP contribution >= 0.6 is 0 Å². The summed E-state index contributed by atoms with van der Waals surface area (Å²) in [5.41, 5.74) is 1.73. The molecule has 29 heavy (non-hydrogen) atoms. The molecule has 0 aliphatic carbocycles. The average Bonchev–Trinajstić information content (AvgIpc) is 2.75. The van der Waals surface area contributed by atoms with Gasteiger partial charge in [0.15, 0.2) is 11.6 Å². The Kier molecular flexibility index (Phi) is 5.76. The third-order valence-corrected chi connectivity index (χ3v) is 5.56. The standard InChI is InChI=1S/C24H25FN2O2/c1-29-23-15-20(8-9-22(23)25)24(28)26-21-10-12-27(13-11-21)16-17-6-7-18-4-2-3-5-19(18)14-17/h2-9,14-15,21H,10-13,16H2,1H3,(H,26,28). The smallest absolute Gasteiger partial charge is 0.251 e. The van der Waals surface area contributed by atoms with Crippen LogP contribution in [-0.2, 0) is 6.54 Å². The summed E-state index contributed by atoms with van der Waals surface area (Å²) in [5, 5.41) is 5.60. The van der Waals surface area contributed by atoms with Gasteiger partial charge in [-0.05, 0) is 53.4 Å². The first-order valence-electron chi connectivity index (χ1n) is 9.97. The molecule has 0 bridgehead atoms. The fourth-order valence-electron chi connectivity index (χ4n) is 3.90. The summed E-state index contributed by atoms with van der Waals surface area (Å²) in [6.45, 7) is 2.79. The number of benzene rings is 3. The van der Waals surface area contributed by atoms with Crippen LogP contribution < -0.4 is 10.1 Å². The number of nitrogens with one attached hydrogen (secondary N) is 1. The van der Waals surface area contributed by atoms with Crippen LogP contribution in [0.2, 0.25) is 0 Å². The van der Waals surface area contributed by atoms with Crippen molar-refractivity contribution in [2.24, 2.45) is 0 Å². The molecule has 150 valence electrons. The predicted molar refractivity (Wildman–Crippen MR) is 113 cm³/mol. The first kappa shape index (κ1) is 19.4. The van der Waals surface area contributed by atoms with E-state index >= 15 is 0 Å². The van der Waals surface area contributed by atoms with Gasteiger partial charge in [-0.25, -0.2) is 4.39 Å². The minimum Gasteiger partial charge on any atom is -0.494 e. The van der Waals surface area contributed by atoms with Crippen LogP contribution in [0.3, 0.4) is 0 Å². The fourth-order valence-corrected chi connectivity index (χ4v) is 3.90. The molecule has 4 nitrogen and oxygen atoms in total. The Bertz CT molecular complexity index is 1010. The van der Waals surface area contributed by atoms with E-state index in [2.05, 4.69) is 52.7 Å². The number of amides is 1. The highest BCUT2D eigenvalue weighted by molar-refractivity contribution is 5.94. The number of carbonyl (C=O) groups is 1. The number of ether oxygens (including phenoxy) is 1. The molecule has 3 aromatic carbocycles. The second-order valence-corrected chi connectivity index (χ2v) is 7.55. The average molecular weight is 392 g/mol. The predicted octanol–water partition coefficient (Wildman–Crippen LogP) is 4.38. The van der Waals surface area contributed by atoms with Gasteiger partial charge in [0.1, 0.15) is 0 Å². The van der Waals surface area contributed by atoms with Gasteiger partial charge in [-0.3, -0.25) is 9.69 Å². The van der Waals surface area contributed by atoms with E-state index in [-0.39, 0.29) is 17.7 Å². The van der Waals surface area contributed by atoms with Crippen molar-refractivity contribution < 1.29 is 13.9 Å². The summed E-state index contributed by atoms with van der Waals surface area (Å²) >= 11 is 0. The van der Waals surface area contributed by atoms with Crippen molar-refractivity contribution in [2.75, 3.05) is 20.2 Å². The van der Waals surface area contributed by atoms with Gasteiger partial charge in [0.2, 0.25) is 0 Å². The number of piperidine rings is 1. The summed E-state index contributed by atoms with van der Waals surface area (Å²) in [6.07, 6.45) is 1.80. The normalized spacial score (nSPS) is 15.4. The third kappa shape index (κ3) is 4.57. The second-order valence-electron chi connectivity index (χ2n) is 7.55. The Balaban J connectivity index is 1.31. The molecule has 5 heteroatoms. The first-order valence-corrected chi connectivity index (χ1v) is 9.97. The van der Waals surface area contributed by atoms with Crippen LogP contribution in [0.5, 0.6) is 5.75 Å². The molecule has 1 N–H and O–H groups in total. The third-order valence-electron chi connectivity index (χ3n) is 5.56. The number of likely N-dealkylation sites (tertiary alicyclic amines) is 1. The van der Waals surface area contributed by atoms with Crippen LogP contribution in [0.15, 0.2) is 60.7 Å². The van der Waals surface area contributed by atoms with Gasteiger partial charge in [0.05, 0.1) is 7.11 Å². The Labute approximate surface area is 170 Å². The van der Waals surface area contributed by atoms with Crippen LogP contribution in [-0.4, -0.2) is 37.0 Å². The molecule has 1 saturated heterocycles. The van der Waals surface area contributed by atoms with Crippen molar-refractivity contribution in [1.29, 1.82) is 0 Å². The molecule has 1 heterocycles. The fraction of sp³-hybridized carbons (Fsp3) is 0.292. The van der Waals surface area contributed by atoms with Crippen molar-refractivity contribution in [2.45, 2.75) is 25.4 Å². The van der Waals surface area contributed by atoms with E-state index in [1.165, 1.54) is 41.6 Å². The number of nitrogens with zero attached hydrogens (tertiary/aromatic N) is 1. The maximum atomic E-state index is 13.5. The van der Waals surface area contributed by atoms with Gasteiger partial charge in [-0.2, -0.15) is 0 Å². The van der Waals surface area contributed by atoms with E-state index < -0.39 is 5.82 Å². The van der Waals surface area contributed by atoms with E-state index in [0.29, 0.717) is 5.56 Å². The highest BCUT2D eigenvalue weighted by atomic mass is 19.1. The van der Waals surface area contributed by atoms with Crippen molar-refractivity contribution in [3.8, 4) is 5.75 Å². The summed E-state index contributed by atoms with van der Waals surface area (Å²) in [4.78, 5) is 14.9. The molecule has 0 spiro atoms. The van der Waals surface area contributed by atoms with Crippen molar-refractivity contribution in [3.05, 3.63) is 77.6 Å². The van der Waals surface area contributed by atoms with Crippen LogP contribution in [0.4, 0.5) is 4.39 Å². The van der Waals surface area contributed by atoms with Crippen molar-refractivity contribution >= 4 is 16.7 Å². The number of hydrogen-bond donors (Lipinski definition) is 1. The minimum absolute atomic E-state index is 0.0860. The topological polar surface area (TPSA) is 41.6 Å². The largest absolute Gasteiger partial charge is 0.494 e. The number of methoxy groups -OCH3 is 1. The zero-order valence-electron chi connectivity index (χ0n) is 16.5. The number of fused-ring (bicyclic) bond motifs is 1. The van der Waals surface area contributed by atoms with Gasteiger partial charge < -0.3 is 10.1 Å². The molecule has 4 rings (SSSR count). The lowest BCUT2D eigenvalue weighted by Crippen LogP contribution is -2.44. The van der Waals surface area contributed by atoms with E-state index in [1.54, 1.807) is 0 Å². The maximum Gasteiger partial charge on any atom is 0.251 e. The summed E-state index contributed by atoms with van der Waals surface area (Å²) in [5.74, 6) is -0.565. The molecule has 0 aromatic heterocycles. The van der Waals surface area contributed by atoms with Crippen molar-refractivity contribution in [1.82, 2.24) is 10.2 Å². The number of rotatable bonds is 5. The lowest BCUT2D eigenvalue weighted by atomic mass is 10.0. The second kappa shape index (κ2) is 8.62. The SMILES string of the molecule is COc1cc(C(=O)NC2CCN(Cc3ccc4ccccc4c3)CC2)ccc1F. The highest BCUT2D eigenvalue weighted by Crippen LogP contribution is 2.21. The summed E-state index contributed by atoms with van der Waals surface area (Å²) in [6, 6.07) is 19.3. The molecule has 1 amide bonds. The molecule has 1 aliphatic heterocycles. The first-order chi connectivity index (χ1) is 14.1. The zero-order valence-corrected chi connectivity index (χ0v) is 16.5. The maximum absolute atomic E-state index is 13.5. The van der Waals surface area contributed by atoms with Gasteiger partial charge in [0.25, 0.3) is 5.91 Å². The summed E-state index contributed by atoms with van der Waals surface area (Å²) < 4.78 is 18.5. The van der Waals surface area contributed by atoms with Crippen LogP contribution in [0.1, 0.15) is 28.8 Å². The molecule has 1 aliphatic rings. The molecule has 0 unspecified atom stereocenters. The molecule has 1 fully saturated rings. The summed E-state index contributed by atoms with van der Waals surface area (Å²) in [7, 11) is 1.39. The quantitative estimate of drug-likeness (QED) is 0.701. The Hall–Kier alpha value is -2.92. The molecule has 0 atom stereocenters. The monoisotopic (exact) mass is 392 g/mol. The van der Waals surface area contributed by atoms with E-state index in [0.717, 1.165) is 32.5 Å². The Morgan fingerprint density at radius 3 is 2.59 bits per heavy atom. The molecule has 0 radical (unpaired) electrons. The van der Waals surface area contributed by atoms with Gasteiger partial charge in [-0.1, -0.05) is 36.4 Å². The Morgan fingerprint density at radius 2 is 1.83 bits per heavy atom. The number of halogens is 1. The molecule has 0 saturated carbocycles. The molecular weight excluding hydrogens is 367 g/mol. The molecular formula is C24H25FN2O2. The van der Waals surface area contributed by atoms with Crippen LogP contribution in [0, 0.1) is 5.82 Å². The van der Waals surface area contributed by atoms with Gasteiger partial charge in [-0.15, -0.1) is 0 Å². The lowest BCUT2D eigenvalue weighted by molar-refractivity contribution is 0.0908. The van der Waals surface area contributed by atoms with E-state index in [4.69, 9.17) is 4.74 Å². The number of hydrogen-bond acceptors (Lipinski definition) is 3. The van der Waals surface area contributed by atoms with E-state index in [1.807, 2.05) is 0 Å². The highest BCUT2D eigenvalue weighted by Gasteiger charge is 2.21. The molecule has 3 aromatic rings. The van der Waals surface area contributed by atoms with Crippen molar-refractivity contribution in [3.63, 3.8) is 0 Å². The lowest BCUT2D eigenvalue weighted by Gasteiger charge is -2.32. The van der Waals surface area contributed by atoms with E-state index in [9.17, 15) is 9.18 Å². The number of carbonyl (C=O) groups excluding carboxylic acids is 1. The zero-order chi connectivity index (χ0) is 20.2.